The first-order chi connectivity index (χ1) is 10.2. The third-order valence-electron chi connectivity index (χ3n) is 3.38. The lowest BCUT2D eigenvalue weighted by Gasteiger charge is -2.17. The van der Waals surface area contributed by atoms with Crippen LogP contribution in [-0.2, 0) is 0 Å². The Kier molecular flexibility index (Phi) is 5.96. The van der Waals surface area contributed by atoms with E-state index in [1.165, 1.54) is 11.5 Å². The van der Waals surface area contributed by atoms with Crippen LogP contribution in [0.2, 0.25) is 0 Å². The summed E-state index contributed by atoms with van der Waals surface area (Å²) in [5.74, 6) is 0.570. The fourth-order valence-electron chi connectivity index (χ4n) is 2.14. The van der Waals surface area contributed by atoms with Gasteiger partial charge in [0.15, 0.2) is 0 Å². The Balaban J connectivity index is 1.95. The highest BCUT2D eigenvalue weighted by molar-refractivity contribution is 7.15. The standard InChI is InChI=1S/C14H23N5S2/c1-4-19(5-2)8-6-7-16-13-11(12(15)18-21-13)14-17-10(3)9-20-14/h9,16H,4-8H2,1-3H3,(H2,15,18). The fourth-order valence-corrected chi connectivity index (χ4v) is 3.80. The van der Waals surface area contributed by atoms with E-state index in [0.29, 0.717) is 5.82 Å². The molecule has 2 rings (SSSR count). The Morgan fingerprint density at radius 3 is 2.71 bits per heavy atom. The molecule has 21 heavy (non-hydrogen) atoms. The number of nitrogens with one attached hydrogen (secondary N) is 1. The van der Waals surface area contributed by atoms with Crippen molar-refractivity contribution < 1.29 is 0 Å². The van der Waals surface area contributed by atoms with Crippen LogP contribution in [0.15, 0.2) is 5.38 Å². The molecule has 0 aromatic carbocycles. The lowest BCUT2D eigenvalue weighted by molar-refractivity contribution is 0.303. The summed E-state index contributed by atoms with van der Waals surface area (Å²) < 4.78 is 4.26. The summed E-state index contributed by atoms with van der Waals surface area (Å²) in [6.07, 6.45) is 1.11. The summed E-state index contributed by atoms with van der Waals surface area (Å²) in [6.45, 7) is 10.6. The largest absolute Gasteiger partial charge is 0.382 e. The molecule has 7 heteroatoms. The summed E-state index contributed by atoms with van der Waals surface area (Å²) >= 11 is 3.03. The van der Waals surface area contributed by atoms with Crippen LogP contribution in [0.5, 0.6) is 0 Å². The molecule has 0 spiro atoms. The van der Waals surface area contributed by atoms with E-state index in [2.05, 4.69) is 33.4 Å². The first-order valence-electron chi connectivity index (χ1n) is 7.29. The summed E-state index contributed by atoms with van der Waals surface area (Å²) in [5.41, 5.74) is 7.98. The molecule has 0 fully saturated rings. The highest BCUT2D eigenvalue weighted by atomic mass is 32.1. The summed E-state index contributed by atoms with van der Waals surface area (Å²) in [6, 6.07) is 0. The fraction of sp³-hybridized carbons (Fsp3) is 0.571. The van der Waals surface area contributed by atoms with Crippen molar-refractivity contribution in [2.45, 2.75) is 27.2 Å². The number of nitrogens with two attached hydrogens (primary N) is 1. The van der Waals surface area contributed by atoms with Gasteiger partial charge in [0.25, 0.3) is 0 Å². The van der Waals surface area contributed by atoms with Gasteiger partial charge in [0.1, 0.15) is 15.8 Å². The number of nitrogens with zero attached hydrogens (tertiary/aromatic N) is 3. The van der Waals surface area contributed by atoms with Gasteiger partial charge in [0.2, 0.25) is 0 Å². The van der Waals surface area contributed by atoms with Gasteiger partial charge in [-0.2, -0.15) is 4.37 Å². The van der Waals surface area contributed by atoms with Crippen molar-refractivity contribution in [3.63, 3.8) is 0 Å². The van der Waals surface area contributed by atoms with Crippen molar-refractivity contribution in [1.82, 2.24) is 14.3 Å². The molecule has 2 aromatic rings. The van der Waals surface area contributed by atoms with Crippen LogP contribution in [0.3, 0.4) is 0 Å². The molecule has 0 saturated heterocycles. The van der Waals surface area contributed by atoms with E-state index in [1.54, 1.807) is 11.3 Å². The van der Waals surface area contributed by atoms with Crippen molar-refractivity contribution in [2.24, 2.45) is 0 Å². The van der Waals surface area contributed by atoms with Crippen molar-refractivity contribution in [3.05, 3.63) is 11.1 Å². The minimum absolute atomic E-state index is 0.570. The number of rotatable bonds is 8. The zero-order valence-electron chi connectivity index (χ0n) is 12.8. The molecular weight excluding hydrogens is 302 g/mol. The summed E-state index contributed by atoms with van der Waals surface area (Å²) in [5, 5.41) is 7.48. The van der Waals surface area contributed by atoms with Gasteiger partial charge in [-0.05, 0) is 44.5 Å². The Morgan fingerprint density at radius 2 is 2.10 bits per heavy atom. The zero-order chi connectivity index (χ0) is 15.2. The van der Waals surface area contributed by atoms with E-state index in [4.69, 9.17) is 5.73 Å². The molecule has 116 valence electrons. The highest BCUT2D eigenvalue weighted by Crippen LogP contribution is 2.38. The first-order valence-corrected chi connectivity index (χ1v) is 8.94. The summed E-state index contributed by atoms with van der Waals surface area (Å²) in [7, 11) is 0. The molecule has 0 aliphatic rings. The molecule has 0 aliphatic heterocycles. The smallest absolute Gasteiger partial charge is 0.149 e. The van der Waals surface area contributed by atoms with Gasteiger partial charge >= 0.3 is 0 Å². The highest BCUT2D eigenvalue weighted by Gasteiger charge is 2.16. The van der Waals surface area contributed by atoms with E-state index in [0.717, 1.165) is 53.9 Å². The minimum atomic E-state index is 0.570. The molecule has 0 atom stereocenters. The number of hydrogen-bond acceptors (Lipinski definition) is 7. The number of thiazole rings is 1. The van der Waals surface area contributed by atoms with Gasteiger partial charge in [0, 0.05) is 17.6 Å². The molecular formula is C14H23N5S2. The zero-order valence-corrected chi connectivity index (χ0v) is 14.5. The van der Waals surface area contributed by atoms with Gasteiger partial charge in [-0.15, -0.1) is 11.3 Å². The van der Waals surface area contributed by atoms with Crippen LogP contribution in [0.25, 0.3) is 10.6 Å². The Morgan fingerprint density at radius 1 is 1.33 bits per heavy atom. The number of aryl methyl sites for hydroxylation is 1. The monoisotopic (exact) mass is 325 g/mol. The number of anilines is 2. The number of aromatic nitrogens is 2. The normalized spacial score (nSPS) is 11.2. The average Bonchev–Trinajstić information content (AvgIpc) is 3.05. The van der Waals surface area contributed by atoms with Crippen molar-refractivity contribution >= 4 is 33.7 Å². The van der Waals surface area contributed by atoms with Gasteiger partial charge in [-0.1, -0.05) is 13.8 Å². The Labute approximate surface area is 134 Å². The van der Waals surface area contributed by atoms with Gasteiger partial charge in [-0.25, -0.2) is 4.98 Å². The molecule has 0 unspecified atom stereocenters. The molecule has 0 amide bonds. The van der Waals surface area contributed by atoms with Gasteiger partial charge in [-0.3, -0.25) is 0 Å². The van der Waals surface area contributed by atoms with Crippen LogP contribution in [0.4, 0.5) is 10.8 Å². The molecule has 0 bridgehead atoms. The van der Waals surface area contributed by atoms with Gasteiger partial charge in [0.05, 0.1) is 5.56 Å². The van der Waals surface area contributed by atoms with Crippen LogP contribution in [0, 0.1) is 6.92 Å². The number of nitrogen functional groups attached to an aromatic ring is 1. The molecule has 2 aromatic heterocycles. The predicted molar refractivity (Wildman–Crippen MR) is 93.3 cm³/mol. The Bertz CT molecular complexity index is 559. The van der Waals surface area contributed by atoms with E-state index < -0.39 is 0 Å². The summed E-state index contributed by atoms with van der Waals surface area (Å²) in [4.78, 5) is 6.94. The molecule has 0 saturated carbocycles. The van der Waals surface area contributed by atoms with E-state index in [9.17, 15) is 0 Å². The molecule has 0 aliphatic carbocycles. The van der Waals surface area contributed by atoms with Crippen LogP contribution in [0.1, 0.15) is 26.0 Å². The van der Waals surface area contributed by atoms with Crippen molar-refractivity contribution in [2.75, 3.05) is 37.2 Å². The van der Waals surface area contributed by atoms with E-state index in [-0.39, 0.29) is 0 Å². The van der Waals surface area contributed by atoms with Crippen LogP contribution in [-0.4, -0.2) is 40.4 Å². The molecule has 2 heterocycles. The van der Waals surface area contributed by atoms with Crippen LogP contribution >= 0.6 is 22.9 Å². The van der Waals surface area contributed by atoms with E-state index in [1.807, 2.05) is 12.3 Å². The maximum Gasteiger partial charge on any atom is 0.149 e. The predicted octanol–water partition coefficient (Wildman–Crippen LogP) is 3.30. The Hall–Kier alpha value is -1.18. The first kappa shape index (κ1) is 16.2. The molecule has 5 nitrogen and oxygen atoms in total. The molecule has 0 radical (unpaired) electrons. The van der Waals surface area contributed by atoms with Gasteiger partial charge < -0.3 is 16.0 Å². The maximum absolute atomic E-state index is 6.00. The van der Waals surface area contributed by atoms with Crippen molar-refractivity contribution in [1.29, 1.82) is 0 Å². The quantitative estimate of drug-likeness (QED) is 0.729. The average molecular weight is 326 g/mol. The second-order valence-corrected chi connectivity index (χ2v) is 6.50. The maximum atomic E-state index is 6.00. The minimum Gasteiger partial charge on any atom is -0.382 e. The number of hydrogen-bond donors (Lipinski definition) is 2. The lowest BCUT2D eigenvalue weighted by atomic mass is 10.3. The van der Waals surface area contributed by atoms with Crippen molar-refractivity contribution in [3.8, 4) is 10.6 Å². The lowest BCUT2D eigenvalue weighted by Crippen LogP contribution is -2.25. The second-order valence-electron chi connectivity index (χ2n) is 4.87. The SMILES string of the molecule is CCN(CC)CCCNc1snc(N)c1-c1nc(C)cs1. The van der Waals surface area contributed by atoms with E-state index >= 15 is 0 Å². The van der Waals surface area contributed by atoms with Crippen LogP contribution < -0.4 is 11.1 Å². The second kappa shape index (κ2) is 7.72. The third kappa shape index (κ3) is 4.15. The molecule has 3 N–H and O–H groups in total. The third-order valence-corrected chi connectivity index (χ3v) is 5.18. The topological polar surface area (TPSA) is 67.1 Å².